The fraction of sp³-hybridized carbons (Fsp3) is 0.417. The first-order valence-electron chi connectivity index (χ1n) is 5.65. The molecule has 0 radical (unpaired) electrons. The first-order valence-corrected chi connectivity index (χ1v) is 6.03. The van der Waals surface area contributed by atoms with E-state index in [0.717, 1.165) is 12.8 Å². The highest BCUT2D eigenvalue weighted by atomic mass is 35.5. The van der Waals surface area contributed by atoms with Crippen LogP contribution in [0.5, 0.6) is 5.75 Å². The average Bonchev–Trinajstić information content (AvgIpc) is 3.09. The molecule has 0 saturated heterocycles. The molecule has 3 N–H and O–H groups in total. The van der Waals surface area contributed by atoms with Crippen LogP contribution in [0.4, 0.5) is 0 Å². The van der Waals surface area contributed by atoms with E-state index < -0.39 is 0 Å². The van der Waals surface area contributed by atoms with Crippen LogP contribution in [0.25, 0.3) is 0 Å². The van der Waals surface area contributed by atoms with E-state index in [1.54, 1.807) is 12.1 Å². The second-order valence-corrected chi connectivity index (χ2v) is 4.54. The number of nitrogens with zero attached hydrogens (tertiary/aromatic N) is 1. The molecule has 0 aliphatic heterocycles. The van der Waals surface area contributed by atoms with E-state index in [1.807, 2.05) is 19.1 Å². The molecule has 1 aromatic rings. The number of benzene rings is 1. The summed E-state index contributed by atoms with van der Waals surface area (Å²) >= 11 is 5.89. The Kier molecular flexibility index (Phi) is 3.86. The van der Waals surface area contributed by atoms with Gasteiger partial charge in [0, 0.05) is 5.02 Å². The molecule has 1 atom stereocenters. The maximum Gasteiger partial charge on any atom is 0.154 e. The summed E-state index contributed by atoms with van der Waals surface area (Å²) in [5, 5.41) is 0.649. The highest BCUT2D eigenvalue weighted by molar-refractivity contribution is 6.30. The molecule has 0 heterocycles. The van der Waals surface area contributed by atoms with E-state index in [0.29, 0.717) is 22.6 Å². The minimum absolute atomic E-state index is 0.209. The molecule has 1 aliphatic rings. The molecule has 1 unspecified atom stereocenters. The molecular formula is C12H16ClN3O. The van der Waals surface area contributed by atoms with Crippen LogP contribution < -0.4 is 16.0 Å². The number of rotatable bonds is 4. The maximum absolute atomic E-state index is 5.89. The molecule has 92 valence electrons. The summed E-state index contributed by atoms with van der Waals surface area (Å²) in [7, 11) is 0. The van der Waals surface area contributed by atoms with Crippen molar-refractivity contribution in [2.45, 2.75) is 31.9 Å². The summed E-state index contributed by atoms with van der Waals surface area (Å²) in [5.41, 5.74) is 2.60. The number of halogens is 1. The van der Waals surface area contributed by atoms with E-state index in [4.69, 9.17) is 22.2 Å². The van der Waals surface area contributed by atoms with Gasteiger partial charge in [0.15, 0.2) is 11.9 Å². The molecule has 1 fully saturated rings. The molecule has 0 amide bonds. The normalized spacial score (nSPS) is 17.7. The molecular weight excluding hydrogens is 238 g/mol. The summed E-state index contributed by atoms with van der Waals surface area (Å²) < 4.78 is 5.72. The van der Waals surface area contributed by atoms with Crippen LogP contribution in [0.1, 0.15) is 19.8 Å². The van der Waals surface area contributed by atoms with E-state index in [9.17, 15) is 0 Å². The second-order valence-electron chi connectivity index (χ2n) is 4.11. The molecule has 4 nitrogen and oxygen atoms in total. The zero-order valence-electron chi connectivity index (χ0n) is 9.69. The maximum atomic E-state index is 5.89. The minimum Gasteiger partial charge on any atom is -0.483 e. The Morgan fingerprint density at radius 3 is 2.94 bits per heavy atom. The van der Waals surface area contributed by atoms with Crippen molar-refractivity contribution >= 4 is 17.4 Å². The molecule has 1 aliphatic carbocycles. The quantitative estimate of drug-likeness (QED) is 0.374. The number of aliphatic imine (C=N–C) groups is 1. The van der Waals surface area contributed by atoms with Gasteiger partial charge in [0.2, 0.25) is 0 Å². The molecule has 5 heteroatoms. The van der Waals surface area contributed by atoms with Crippen molar-refractivity contribution in [2.75, 3.05) is 0 Å². The Hall–Kier alpha value is -1.26. The summed E-state index contributed by atoms with van der Waals surface area (Å²) in [6, 6.07) is 7.68. The van der Waals surface area contributed by atoms with Crippen LogP contribution in [-0.4, -0.2) is 18.0 Å². The van der Waals surface area contributed by atoms with Crippen LogP contribution in [0, 0.1) is 0 Å². The fourth-order valence-electron chi connectivity index (χ4n) is 1.46. The average molecular weight is 254 g/mol. The topological polar surface area (TPSA) is 59.6 Å². The first-order chi connectivity index (χ1) is 8.19. The number of hydrogen-bond donors (Lipinski definition) is 2. The third-order valence-corrected chi connectivity index (χ3v) is 2.75. The van der Waals surface area contributed by atoms with Gasteiger partial charge in [-0.15, -0.1) is 0 Å². The number of nitrogens with one attached hydrogen (secondary N) is 1. The van der Waals surface area contributed by atoms with Crippen LogP contribution >= 0.6 is 11.6 Å². The summed E-state index contributed by atoms with van der Waals surface area (Å²) in [4.78, 5) is 4.45. The number of hydrogen-bond acceptors (Lipinski definition) is 3. The zero-order valence-corrected chi connectivity index (χ0v) is 10.4. The zero-order chi connectivity index (χ0) is 12.3. The van der Waals surface area contributed by atoms with Gasteiger partial charge in [-0.2, -0.15) is 0 Å². The SMILES string of the molecule is CC(Oc1cccc(Cl)c1)C(=NC1CC1)NN. The van der Waals surface area contributed by atoms with Crippen molar-refractivity contribution in [2.24, 2.45) is 10.8 Å². The molecule has 1 saturated carbocycles. The van der Waals surface area contributed by atoms with Gasteiger partial charge in [0.05, 0.1) is 6.04 Å². The number of hydrazine groups is 1. The fourth-order valence-corrected chi connectivity index (χ4v) is 1.64. The summed E-state index contributed by atoms with van der Waals surface area (Å²) in [6.45, 7) is 1.90. The Bertz CT molecular complexity index is 418. The Morgan fingerprint density at radius 1 is 1.59 bits per heavy atom. The Morgan fingerprint density at radius 2 is 2.35 bits per heavy atom. The van der Waals surface area contributed by atoms with Crippen molar-refractivity contribution < 1.29 is 4.74 Å². The van der Waals surface area contributed by atoms with Crippen molar-refractivity contribution in [3.63, 3.8) is 0 Å². The number of nitrogens with two attached hydrogens (primary N) is 1. The highest BCUT2D eigenvalue weighted by Crippen LogP contribution is 2.24. The van der Waals surface area contributed by atoms with Gasteiger partial charge in [-0.05, 0) is 38.0 Å². The van der Waals surface area contributed by atoms with Crippen LogP contribution in [-0.2, 0) is 0 Å². The lowest BCUT2D eigenvalue weighted by Crippen LogP contribution is -2.41. The third-order valence-electron chi connectivity index (χ3n) is 2.51. The second kappa shape index (κ2) is 5.38. The van der Waals surface area contributed by atoms with Gasteiger partial charge >= 0.3 is 0 Å². The van der Waals surface area contributed by atoms with Gasteiger partial charge in [-0.1, -0.05) is 17.7 Å². The van der Waals surface area contributed by atoms with Gasteiger partial charge in [0.25, 0.3) is 0 Å². The smallest absolute Gasteiger partial charge is 0.154 e. The molecule has 0 bridgehead atoms. The van der Waals surface area contributed by atoms with Crippen molar-refractivity contribution in [3.05, 3.63) is 29.3 Å². The monoisotopic (exact) mass is 253 g/mol. The molecule has 1 aromatic carbocycles. The van der Waals surface area contributed by atoms with E-state index >= 15 is 0 Å². The van der Waals surface area contributed by atoms with Gasteiger partial charge in [-0.25, -0.2) is 5.84 Å². The number of amidine groups is 1. The Balaban J connectivity index is 2.01. The molecule has 0 spiro atoms. The van der Waals surface area contributed by atoms with Crippen molar-refractivity contribution in [1.82, 2.24) is 5.43 Å². The minimum atomic E-state index is -0.209. The van der Waals surface area contributed by atoms with Gasteiger partial charge in [0.1, 0.15) is 5.75 Å². The first kappa shape index (κ1) is 12.2. The van der Waals surface area contributed by atoms with E-state index in [2.05, 4.69) is 10.4 Å². The van der Waals surface area contributed by atoms with Crippen LogP contribution in [0.3, 0.4) is 0 Å². The third kappa shape index (κ3) is 3.61. The largest absolute Gasteiger partial charge is 0.483 e. The standard InChI is InChI=1S/C12H16ClN3O/c1-8(12(16-14)15-10-5-6-10)17-11-4-2-3-9(13)7-11/h2-4,7-8,10H,5-6,14H2,1H3,(H,15,16). The molecule has 2 rings (SSSR count). The lowest BCUT2D eigenvalue weighted by molar-refractivity contribution is 0.282. The predicted octanol–water partition coefficient (Wildman–Crippen LogP) is 2.13. The summed E-state index contributed by atoms with van der Waals surface area (Å²) in [5.74, 6) is 6.83. The van der Waals surface area contributed by atoms with E-state index in [1.165, 1.54) is 0 Å². The van der Waals surface area contributed by atoms with Gasteiger partial charge in [-0.3, -0.25) is 4.99 Å². The van der Waals surface area contributed by atoms with E-state index in [-0.39, 0.29) is 6.10 Å². The Labute approximate surface area is 106 Å². The van der Waals surface area contributed by atoms with Crippen molar-refractivity contribution in [3.8, 4) is 5.75 Å². The molecule has 17 heavy (non-hydrogen) atoms. The highest BCUT2D eigenvalue weighted by Gasteiger charge is 2.23. The lowest BCUT2D eigenvalue weighted by atomic mass is 10.3. The lowest BCUT2D eigenvalue weighted by Gasteiger charge is -2.16. The van der Waals surface area contributed by atoms with Crippen LogP contribution in [0.2, 0.25) is 5.02 Å². The summed E-state index contributed by atoms with van der Waals surface area (Å²) in [6.07, 6.45) is 2.06. The molecule has 0 aromatic heterocycles. The van der Waals surface area contributed by atoms with Crippen molar-refractivity contribution in [1.29, 1.82) is 0 Å². The predicted molar refractivity (Wildman–Crippen MR) is 69.3 cm³/mol. The van der Waals surface area contributed by atoms with Crippen LogP contribution in [0.15, 0.2) is 29.3 Å². The number of ether oxygens (including phenoxy) is 1. The van der Waals surface area contributed by atoms with Gasteiger partial charge < -0.3 is 10.2 Å².